The number of carbonyl (C=O) groups excluding carboxylic acids is 2. The smallest absolute Gasteiger partial charge is 0.338 e. The second kappa shape index (κ2) is 6.53. The van der Waals surface area contributed by atoms with E-state index < -0.39 is 41.7 Å². The van der Waals surface area contributed by atoms with Gasteiger partial charge in [-0.2, -0.15) is 0 Å². The van der Waals surface area contributed by atoms with Crippen LogP contribution in [0.5, 0.6) is 5.75 Å². The Kier molecular flexibility index (Phi) is 4.88. The first-order chi connectivity index (χ1) is 10.8. The lowest BCUT2D eigenvalue weighted by Gasteiger charge is -2.36. The van der Waals surface area contributed by atoms with E-state index in [1.165, 1.54) is 0 Å². The van der Waals surface area contributed by atoms with Crippen LogP contribution >= 0.6 is 15.9 Å². The Morgan fingerprint density at radius 2 is 2.17 bits per heavy atom. The second-order valence-electron chi connectivity index (χ2n) is 4.88. The quantitative estimate of drug-likeness (QED) is 0.627. The van der Waals surface area contributed by atoms with Gasteiger partial charge in [0.1, 0.15) is 24.5 Å². The van der Waals surface area contributed by atoms with Crippen molar-refractivity contribution in [2.24, 2.45) is 0 Å². The molecule has 0 aliphatic carbocycles. The molecule has 23 heavy (non-hydrogen) atoms. The number of esters is 1. The van der Waals surface area contributed by atoms with Gasteiger partial charge in [0, 0.05) is 0 Å². The van der Waals surface area contributed by atoms with E-state index in [0.717, 1.165) is 18.1 Å². The van der Waals surface area contributed by atoms with Crippen molar-refractivity contribution in [2.45, 2.75) is 19.4 Å². The molecule has 1 amide bonds. The summed E-state index contributed by atoms with van der Waals surface area (Å²) in [5, 5.41) is 9.30. The third kappa shape index (κ3) is 3.14. The van der Waals surface area contributed by atoms with Gasteiger partial charge < -0.3 is 19.5 Å². The molecule has 1 aliphatic rings. The fourth-order valence-electron chi connectivity index (χ4n) is 2.28. The standard InChI is InChI=1S/C14H13BrFNO6/c1-6-5-23-13-11(15)8(16)3-7(14(20)21)12(13)17(6)9(18)4-10(19)22-2/h3,6H,4-5H2,1-2H3,(H,20,21). The molecule has 9 heteroatoms. The molecule has 124 valence electrons. The van der Waals surface area contributed by atoms with Crippen LogP contribution in [0.2, 0.25) is 0 Å². The largest absolute Gasteiger partial charge is 0.488 e. The SMILES string of the molecule is COC(=O)CC(=O)N1c2c(C(=O)O)cc(F)c(Br)c2OCC1C. The van der Waals surface area contributed by atoms with E-state index in [1.807, 2.05) is 0 Å². The number of hydrogen-bond donors (Lipinski definition) is 1. The summed E-state index contributed by atoms with van der Waals surface area (Å²) in [5.41, 5.74) is -0.510. The van der Waals surface area contributed by atoms with Gasteiger partial charge in [0.15, 0.2) is 5.75 Å². The molecule has 2 rings (SSSR count). The molecule has 1 aliphatic heterocycles. The number of benzene rings is 1. The van der Waals surface area contributed by atoms with E-state index >= 15 is 0 Å². The van der Waals surface area contributed by atoms with Crippen LogP contribution in [0, 0.1) is 5.82 Å². The Labute approximate surface area is 139 Å². The van der Waals surface area contributed by atoms with Crippen molar-refractivity contribution in [3.05, 3.63) is 21.9 Å². The van der Waals surface area contributed by atoms with Gasteiger partial charge in [0.25, 0.3) is 0 Å². The highest BCUT2D eigenvalue weighted by Gasteiger charge is 2.36. The van der Waals surface area contributed by atoms with Gasteiger partial charge in [0.2, 0.25) is 5.91 Å². The lowest BCUT2D eigenvalue weighted by Crippen LogP contribution is -2.46. The highest BCUT2D eigenvalue weighted by atomic mass is 79.9. The van der Waals surface area contributed by atoms with E-state index in [2.05, 4.69) is 20.7 Å². The van der Waals surface area contributed by atoms with Gasteiger partial charge in [-0.1, -0.05) is 0 Å². The van der Waals surface area contributed by atoms with Crippen molar-refractivity contribution in [1.29, 1.82) is 0 Å². The number of hydrogen-bond acceptors (Lipinski definition) is 5. The Morgan fingerprint density at radius 1 is 1.52 bits per heavy atom. The number of nitrogens with zero attached hydrogens (tertiary/aromatic N) is 1. The lowest BCUT2D eigenvalue weighted by molar-refractivity contribution is -0.143. The van der Waals surface area contributed by atoms with Crippen LogP contribution in [-0.4, -0.2) is 42.7 Å². The average molecular weight is 390 g/mol. The van der Waals surface area contributed by atoms with Gasteiger partial charge in [-0.3, -0.25) is 9.59 Å². The summed E-state index contributed by atoms with van der Waals surface area (Å²) < 4.78 is 23.6. The van der Waals surface area contributed by atoms with E-state index in [1.54, 1.807) is 6.92 Å². The maximum Gasteiger partial charge on any atom is 0.338 e. The van der Waals surface area contributed by atoms with Crippen LogP contribution < -0.4 is 9.64 Å². The first-order valence-corrected chi connectivity index (χ1v) is 7.34. The number of ether oxygens (including phenoxy) is 2. The minimum absolute atomic E-state index is 0.0288. The minimum Gasteiger partial charge on any atom is -0.488 e. The minimum atomic E-state index is -1.42. The molecule has 1 heterocycles. The van der Waals surface area contributed by atoms with Crippen molar-refractivity contribution in [3.63, 3.8) is 0 Å². The summed E-state index contributed by atoms with van der Waals surface area (Å²) in [6.45, 7) is 1.65. The molecule has 0 saturated carbocycles. The maximum atomic E-state index is 13.8. The molecule has 7 nitrogen and oxygen atoms in total. The monoisotopic (exact) mass is 389 g/mol. The number of methoxy groups -OCH3 is 1. The van der Waals surface area contributed by atoms with Crippen LogP contribution in [0.3, 0.4) is 0 Å². The first kappa shape index (κ1) is 17.2. The highest BCUT2D eigenvalue weighted by molar-refractivity contribution is 9.10. The summed E-state index contributed by atoms with van der Waals surface area (Å²) in [7, 11) is 1.14. The van der Waals surface area contributed by atoms with E-state index in [0.29, 0.717) is 0 Å². The van der Waals surface area contributed by atoms with E-state index in [9.17, 15) is 23.9 Å². The fourth-order valence-corrected chi connectivity index (χ4v) is 2.69. The van der Waals surface area contributed by atoms with Crippen molar-refractivity contribution in [3.8, 4) is 5.75 Å². The molecule has 0 spiro atoms. The summed E-state index contributed by atoms with van der Waals surface area (Å²) in [5.74, 6) is -3.74. The Bertz CT molecular complexity index is 692. The lowest BCUT2D eigenvalue weighted by atomic mass is 10.1. The van der Waals surface area contributed by atoms with E-state index in [-0.39, 0.29) is 22.5 Å². The molecule has 1 aromatic carbocycles. The predicted octanol–water partition coefficient (Wildman–Crippen LogP) is 1.96. The number of halogens is 2. The third-order valence-electron chi connectivity index (χ3n) is 3.32. The third-order valence-corrected chi connectivity index (χ3v) is 4.06. The summed E-state index contributed by atoms with van der Waals surface area (Å²) in [4.78, 5) is 36.3. The van der Waals surface area contributed by atoms with Gasteiger partial charge >= 0.3 is 11.9 Å². The van der Waals surface area contributed by atoms with Crippen LogP contribution in [0.25, 0.3) is 0 Å². The predicted molar refractivity (Wildman–Crippen MR) is 80.1 cm³/mol. The zero-order valence-corrected chi connectivity index (χ0v) is 13.8. The molecule has 0 bridgehead atoms. The van der Waals surface area contributed by atoms with Crippen molar-refractivity contribution < 1.29 is 33.4 Å². The molecule has 0 fully saturated rings. The molecule has 0 saturated heterocycles. The summed E-state index contributed by atoms with van der Waals surface area (Å²) in [6.07, 6.45) is -0.561. The zero-order valence-electron chi connectivity index (χ0n) is 12.3. The first-order valence-electron chi connectivity index (χ1n) is 6.54. The van der Waals surface area contributed by atoms with Crippen LogP contribution in [0.15, 0.2) is 10.5 Å². The molecule has 0 aromatic heterocycles. The number of rotatable bonds is 3. The van der Waals surface area contributed by atoms with Gasteiger partial charge in [-0.25, -0.2) is 9.18 Å². The molecular weight excluding hydrogens is 377 g/mol. The van der Waals surface area contributed by atoms with E-state index in [4.69, 9.17) is 4.74 Å². The van der Waals surface area contributed by atoms with Gasteiger partial charge in [-0.05, 0) is 28.9 Å². The fraction of sp³-hybridized carbons (Fsp3) is 0.357. The van der Waals surface area contributed by atoms with Crippen LogP contribution in [0.1, 0.15) is 23.7 Å². The number of carboxylic acid groups (broad SMARTS) is 1. The molecule has 1 aromatic rings. The number of anilines is 1. The summed E-state index contributed by atoms with van der Waals surface area (Å²) in [6, 6.07) is 0.264. The molecule has 1 unspecified atom stereocenters. The van der Waals surface area contributed by atoms with Crippen molar-refractivity contribution in [1.82, 2.24) is 0 Å². The molecule has 0 radical (unpaired) electrons. The Hall–Kier alpha value is -2.16. The normalized spacial score (nSPS) is 16.3. The van der Waals surface area contributed by atoms with Crippen molar-refractivity contribution >= 4 is 39.5 Å². The number of carbonyl (C=O) groups is 3. The highest BCUT2D eigenvalue weighted by Crippen LogP contribution is 2.44. The molecule has 1 N–H and O–H groups in total. The van der Waals surface area contributed by atoms with Gasteiger partial charge in [-0.15, -0.1) is 0 Å². The molecule has 1 atom stereocenters. The van der Waals surface area contributed by atoms with Crippen LogP contribution in [-0.2, 0) is 14.3 Å². The topological polar surface area (TPSA) is 93.1 Å². The number of aromatic carboxylic acids is 1. The Morgan fingerprint density at radius 3 is 2.74 bits per heavy atom. The zero-order chi connectivity index (χ0) is 17.3. The maximum absolute atomic E-state index is 13.8. The van der Waals surface area contributed by atoms with Crippen LogP contribution in [0.4, 0.5) is 10.1 Å². The second-order valence-corrected chi connectivity index (χ2v) is 5.67. The Balaban J connectivity index is 2.60. The number of amides is 1. The average Bonchev–Trinajstić information content (AvgIpc) is 2.49. The molecular formula is C14H13BrFNO6. The number of fused-ring (bicyclic) bond motifs is 1. The van der Waals surface area contributed by atoms with Crippen molar-refractivity contribution in [2.75, 3.05) is 18.6 Å². The van der Waals surface area contributed by atoms with Gasteiger partial charge in [0.05, 0.1) is 23.2 Å². The summed E-state index contributed by atoms with van der Waals surface area (Å²) >= 11 is 2.99. The number of carboxylic acids is 1.